The predicted octanol–water partition coefficient (Wildman–Crippen LogP) is 1.87. The lowest BCUT2D eigenvalue weighted by Crippen LogP contribution is -2.28. The van der Waals surface area contributed by atoms with Gasteiger partial charge in [-0.3, -0.25) is 0 Å². The van der Waals surface area contributed by atoms with Gasteiger partial charge in [-0.25, -0.2) is 9.80 Å². The SMILES string of the molecule is O=[P+](OC(O)CCCN1C(O)c2ccccc2C1O)OC(O)CCCN1C(O)c2ccccc2C1O. The van der Waals surface area contributed by atoms with Gasteiger partial charge < -0.3 is 30.6 Å². The zero-order valence-corrected chi connectivity index (χ0v) is 20.5. The first-order valence-corrected chi connectivity index (χ1v) is 13.0. The van der Waals surface area contributed by atoms with Crippen LogP contribution in [0.3, 0.4) is 0 Å². The van der Waals surface area contributed by atoms with E-state index >= 15 is 0 Å². The van der Waals surface area contributed by atoms with E-state index in [1.807, 2.05) is 0 Å². The molecule has 0 fully saturated rings. The van der Waals surface area contributed by atoms with Gasteiger partial charge in [0.2, 0.25) is 12.6 Å². The standard InChI is InChI=1S/C24H32N2O9P/c27-19(11-5-13-25-21(29)15-7-1-2-8-16(15)22(25)30)34-36(33)35-20(28)12-6-14-26-23(31)17-9-3-4-10-18(17)24(26)32/h1-4,7-10,19-24,27-32H,5-6,11-14H2/q+1. The number of aliphatic hydroxyl groups is 6. The molecule has 0 radical (unpaired) electrons. The van der Waals surface area contributed by atoms with E-state index in [0.29, 0.717) is 35.1 Å². The van der Waals surface area contributed by atoms with Crippen molar-refractivity contribution in [2.75, 3.05) is 13.1 Å². The highest BCUT2D eigenvalue weighted by molar-refractivity contribution is 7.33. The summed E-state index contributed by atoms with van der Waals surface area (Å²) < 4.78 is 21.8. The Labute approximate surface area is 209 Å². The van der Waals surface area contributed by atoms with Crippen LogP contribution in [0.25, 0.3) is 0 Å². The Kier molecular flexibility index (Phi) is 9.15. The number of nitrogens with zero attached hydrogens (tertiary/aromatic N) is 2. The minimum Gasteiger partial charge on any atom is -0.374 e. The lowest BCUT2D eigenvalue weighted by molar-refractivity contribution is -0.0956. The molecule has 0 aliphatic carbocycles. The molecule has 2 heterocycles. The van der Waals surface area contributed by atoms with E-state index in [1.165, 1.54) is 9.80 Å². The number of rotatable bonds is 12. The molecule has 12 heteroatoms. The molecule has 2 aromatic carbocycles. The Balaban J connectivity index is 1.12. The second-order valence-corrected chi connectivity index (χ2v) is 9.73. The van der Waals surface area contributed by atoms with E-state index in [2.05, 4.69) is 0 Å². The maximum Gasteiger partial charge on any atom is 0.702 e. The van der Waals surface area contributed by atoms with Gasteiger partial charge >= 0.3 is 8.25 Å². The molecule has 6 unspecified atom stereocenters. The Morgan fingerprint density at radius 1 is 0.667 bits per heavy atom. The van der Waals surface area contributed by atoms with Crippen LogP contribution in [0.15, 0.2) is 48.5 Å². The quantitative estimate of drug-likeness (QED) is 0.178. The van der Waals surface area contributed by atoms with Crippen molar-refractivity contribution in [2.24, 2.45) is 0 Å². The molecule has 0 saturated heterocycles. The summed E-state index contributed by atoms with van der Waals surface area (Å²) >= 11 is 0. The molecule has 0 aromatic heterocycles. The molecule has 6 atom stereocenters. The lowest BCUT2D eigenvalue weighted by atomic mass is 10.1. The molecule has 2 aliphatic heterocycles. The summed E-state index contributed by atoms with van der Waals surface area (Å²) in [7, 11) is -2.80. The van der Waals surface area contributed by atoms with E-state index < -0.39 is 45.7 Å². The molecule has 0 spiro atoms. The summed E-state index contributed by atoms with van der Waals surface area (Å²) in [6, 6.07) is 14.1. The van der Waals surface area contributed by atoms with Crippen LogP contribution in [0, 0.1) is 0 Å². The van der Waals surface area contributed by atoms with E-state index in [4.69, 9.17) is 9.05 Å². The van der Waals surface area contributed by atoms with Crippen molar-refractivity contribution in [1.82, 2.24) is 9.80 Å². The number of aliphatic hydroxyl groups excluding tert-OH is 6. The molecule has 2 aliphatic rings. The van der Waals surface area contributed by atoms with Crippen LogP contribution < -0.4 is 0 Å². The van der Waals surface area contributed by atoms with E-state index in [9.17, 15) is 35.2 Å². The highest BCUT2D eigenvalue weighted by Crippen LogP contribution is 2.40. The zero-order chi connectivity index (χ0) is 25.8. The van der Waals surface area contributed by atoms with Crippen molar-refractivity contribution in [1.29, 1.82) is 0 Å². The maximum absolute atomic E-state index is 12.0. The van der Waals surface area contributed by atoms with Crippen LogP contribution in [0.5, 0.6) is 0 Å². The fourth-order valence-corrected chi connectivity index (χ4v) is 5.32. The monoisotopic (exact) mass is 523 g/mol. The summed E-state index contributed by atoms with van der Waals surface area (Å²) in [5, 5.41) is 61.5. The Morgan fingerprint density at radius 3 is 1.28 bits per heavy atom. The molecule has 0 amide bonds. The largest absolute Gasteiger partial charge is 0.702 e. The molecule has 0 bridgehead atoms. The van der Waals surface area contributed by atoms with Gasteiger partial charge in [0.05, 0.1) is 0 Å². The molecular weight excluding hydrogens is 491 g/mol. The van der Waals surface area contributed by atoms with Crippen molar-refractivity contribution >= 4 is 8.25 Å². The molecule has 196 valence electrons. The number of hydrogen-bond acceptors (Lipinski definition) is 11. The van der Waals surface area contributed by atoms with E-state index in [1.54, 1.807) is 48.5 Å². The molecule has 2 aromatic rings. The summed E-state index contributed by atoms with van der Waals surface area (Å²) in [6.07, 6.45) is -5.88. The fraction of sp³-hybridized carbons (Fsp3) is 0.500. The third kappa shape index (κ3) is 5.99. The van der Waals surface area contributed by atoms with Crippen molar-refractivity contribution in [3.05, 3.63) is 70.8 Å². The second-order valence-electron chi connectivity index (χ2n) is 8.86. The molecule has 36 heavy (non-hydrogen) atoms. The average molecular weight is 523 g/mol. The molecular formula is C24H32N2O9P+. The number of benzene rings is 2. The average Bonchev–Trinajstić information content (AvgIpc) is 3.24. The minimum absolute atomic E-state index is 0.0676. The van der Waals surface area contributed by atoms with Crippen LogP contribution in [0.1, 0.15) is 72.8 Å². The predicted molar refractivity (Wildman–Crippen MR) is 126 cm³/mol. The first-order valence-electron chi connectivity index (χ1n) is 11.9. The van der Waals surface area contributed by atoms with Gasteiger partial charge in [-0.2, -0.15) is 0 Å². The van der Waals surface area contributed by atoms with E-state index in [0.717, 1.165) is 0 Å². The molecule has 6 N–H and O–H groups in total. The van der Waals surface area contributed by atoms with Crippen molar-refractivity contribution in [3.8, 4) is 0 Å². The van der Waals surface area contributed by atoms with Crippen molar-refractivity contribution < 1.29 is 44.3 Å². The maximum atomic E-state index is 12.0. The third-order valence-corrected chi connectivity index (χ3v) is 7.34. The molecule has 11 nitrogen and oxygen atoms in total. The topological polar surface area (TPSA) is 163 Å². The van der Waals surface area contributed by atoms with Gasteiger partial charge in [0.25, 0.3) is 0 Å². The normalized spacial score (nSPS) is 26.0. The molecule has 4 rings (SSSR count). The van der Waals surface area contributed by atoms with Crippen molar-refractivity contribution in [3.63, 3.8) is 0 Å². The van der Waals surface area contributed by atoms with E-state index in [-0.39, 0.29) is 25.9 Å². The highest BCUT2D eigenvalue weighted by atomic mass is 31.1. The lowest BCUT2D eigenvalue weighted by Gasteiger charge is -2.24. The zero-order valence-electron chi connectivity index (χ0n) is 19.6. The molecule has 0 saturated carbocycles. The smallest absolute Gasteiger partial charge is 0.374 e. The summed E-state index contributed by atoms with van der Waals surface area (Å²) in [6.45, 7) is 0.519. The highest BCUT2D eigenvalue weighted by Gasteiger charge is 2.37. The van der Waals surface area contributed by atoms with Gasteiger partial charge in [-0.05, 0) is 12.8 Å². The summed E-state index contributed by atoms with van der Waals surface area (Å²) in [4.78, 5) is 2.95. The number of fused-ring (bicyclic) bond motifs is 2. The van der Waals surface area contributed by atoms with Crippen LogP contribution in [-0.2, 0) is 13.6 Å². The third-order valence-electron chi connectivity index (χ3n) is 6.51. The van der Waals surface area contributed by atoms with Gasteiger partial charge in [-0.15, -0.1) is 0 Å². The number of hydrogen-bond donors (Lipinski definition) is 6. The Hall–Kier alpha value is -1.86. The van der Waals surface area contributed by atoms with Crippen LogP contribution in [0.2, 0.25) is 0 Å². The van der Waals surface area contributed by atoms with Gasteiger partial charge in [0, 0.05) is 52.8 Å². The van der Waals surface area contributed by atoms with Gasteiger partial charge in [-0.1, -0.05) is 57.6 Å². The van der Waals surface area contributed by atoms with Crippen LogP contribution in [0.4, 0.5) is 0 Å². The van der Waals surface area contributed by atoms with Gasteiger partial charge in [0.15, 0.2) is 0 Å². The Bertz CT molecular complexity index is 907. The minimum atomic E-state index is -2.80. The van der Waals surface area contributed by atoms with Gasteiger partial charge in [0.1, 0.15) is 24.9 Å². The van der Waals surface area contributed by atoms with Crippen LogP contribution in [-0.4, -0.2) is 66.1 Å². The Morgan fingerprint density at radius 2 is 0.972 bits per heavy atom. The summed E-state index contributed by atoms with van der Waals surface area (Å²) in [5.74, 6) is 0. The summed E-state index contributed by atoms with van der Waals surface area (Å²) in [5.41, 5.74) is 2.52. The van der Waals surface area contributed by atoms with Crippen LogP contribution >= 0.6 is 8.25 Å². The van der Waals surface area contributed by atoms with Crippen molar-refractivity contribution in [2.45, 2.75) is 63.2 Å². The first kappa shape index (κ1) is 27.2. The first-order chi connectivity index (χ1) is 17.3. The fourth-order valence-electron chi connectivity index (χ4n) is 4.66. The second kappa shape index (κ2) is 12.1.